The van der Waals surface area contributed by atoms with Crippen molar-refractivity contribution in [3.8, 4) is 10.4 Å². The SMILES string of the molecule is CC(C)OC(=O)NC1CCC(c2nc(F)c(-c3ccc(NC(=O)NCc4ccccc4)cc3S(=O)(=O)NC(C)(C)C=S)s2)CC1. The minimum atomic E-state index is -4.24. The molecule has 0 saturated heterocycles. The summed E-state index contributed by atoms with van der Waals surface area (Å²) in [6.45, 7) is 7.05. The lowest BCUT2D eigenvalue weighted by Crippen LogP contribution is -2.44. The molecule has 4 N–H and O–H groups in total. The summed E-state index contributed by atoms with van der Waals surface area (Å²) >= 11 is 6.12. The molecule has 0 bridgehead atoms. The summed E-state index contributed by atoms with van der Waals surface area (Å²) in [6.07, 6.45) is 2.03. The maximum absolute atomic E-state index is 15.5. The van der Waals surface area contributed by atoms with E-state index in [2.05, 4.69) is 25.7 Å². The number of carbonyl (C=O) groups is 2. The number of halogens is 1. The lowest BCUT2D eigenvalue weighted by molar-refractivity contribution is 0.109. The highest BCUT2D eigenvalue weighted by molar-refractivity contribution is 7.89. The Morgan fingerprint density at radius 2 is 1.82 bits per heavy atom. The Balaban J connectivity index is 1.57. The summed E-state index contributed by atoms with van der Waals surface area (Å²) in [5.41, 5.74) is 0.142. The van der Waals surface area contributed by atoms with Crippen LogP contribution in [0.3, 0.4) is 0 Å². The number of urea groups is 1. The molecule has 2 aromatic carbocycles. The Morgan fingerprint density at radius 1 is 1.13 bits per heavy atom. The van der Waals surface area contributed by atoms with Gasteiger partial charge in [-0.05, 0) is 82.5 Å². The van der Waals surface area contributed by atoms with Gasteiger partial charge in [0, 0.05) is 29.8 Å². The number of hydrogen-bond acceptors (Lipinski definition) is 8. The number of hydrogen-bond donors (Lipinski definition) is 4. The number of nitrogens with zero attached hydrogens (tertiary/aromatic N) is 1. The van der Waals surface area contributed by atoms with Crippen LogP contribution in [0.15, 0.2) is 53.4 Å². The fourth-order valence-corrected chi connectivity index (χ4v) is 7.90. The first-order valence-electron chi connectivity index (χ1n) is 14.6. The third kappa shape index (κ3) is 9.52. The number of amides is 3. The second-order valence-corrected chi connectivity index (χ2v) is 14.7. The van der Waals surface area contributed by atoms with Crippen LogP contribution in [-0.2, 0) is 21.3 Å². The molecule has 1 saturated carbocycles. The van der Waals surface area contributed by atoms with E-state index in [9.17, 15) is 18.0 Å². The van der Waals surface area contributed by atoms with Gasteiger partial charge in [-0.2, -0.15) is 4.39 Å². The van der Waals surface area contributed by atoms with Gasteiger partial charge in [0.05, 0.1) is 26.4 Å². The van der Waals surface area contributed by atoms with E-state index in [0.717, 1.165) is 16.9 Å². The molecule has 45 heavy (non-hydrogen) atoms. The van der Waals surface area contributed by atoms with E-state index in [1.165, 1.54) is 23.6 Å². The highest BCUT2D eigenvalue weighted by atomic mass is 32.2. The van der Waals surface area contributed by atoms with Crippen molar-refractivity contribution in [2.75, 3.05) is 5.32 Å². The zero-order chi connectivity index (χ0) is 32.8. The van der Waals surface area contributed by atoms with Crippen LogP contribution < -0.4 is 20.7 Å². The Kier molecular flexibility index (Phi) is 11.3. The number of ether oxygens (including phenoxy) is 1. The van der Waals surface area contributed by atoms with Gasteiger partial charge < -0.3 is 20.7 Å². The fraction of sp³-hybridized carbons (Fsp3) is 0.419. The minimum absolute atomic E-state index is 0.0430. The van der Waals surface area contributed by atoms with Crippen molar-refractivity contribution in [2.45, 2.75) is 88.4 Å². The van der Waals surface area contributed by atoms with Crippen molar-refractivity contribution in [2.24, 2.45) is 0 Å². The number of benzene rings is 2. The molecule has 10 nitrogen and oxygen atoms in total. The minimum Gasteiger partial charge on any atom is -0.447 e. The summed E-state index contributed by atoms with van der Waals surface area (Å²) < 4.78 is 50.5. The number of rotatable bonds is 11. The predicted octanol–water partition coefficient (Wildman–Crippen LogP) is 6.49. The number of anilines is 1. The van der Waals surface area contributed by atoms with Gasteiger partial charge in [0.1, 0.15) is 0 Å². The molecule has 3 aromatic rings. The molecule has 1 heterocycles. The first-order valence-corrected chi connectivity index (χ1v) is 17.4. The fourth-order valence-electron chi connectivity index (χ4n) is 4.95. The van der Waals surface area contributed by atoms with Crippen molar-refractivity contribution in [1.82, 2.24) is 20.3 Å². The lowest BCUT2D eigenvalue weighted by Gasteiger charge is -2.27. The third-order valence-electron chi connectivity index (χ3n) is 7.11. The van der Waals surface area contributed by atoms with E-state index in [0.29, 0.717) is 30.7 Å². The van der Waals surface area contributed by atoms with Crippen LogP contribution in [0.2, 0.25) is 0 Å². The molecule has 1 fully saturated rings. The molecule has 1 aromatic heterocycles. The standard InChI is InChI=1S/C31H38FN5O5S3/c1-19(2)42-30(39)35-22-12-10-21(11-13-22)28-36-27(32)26(44-28)24-15-14-23(16-25(24)45(40,41)37-31(3,4)18-43)34-29(38)33-17-20-8-6-5-7-9-20/h5-9,14-16,18-19,21-22,37H,10-13,17H2,1-4H3,(H,35,39)(H2,33,34,38). The molecule has 0 radical (unpaired) electrons. The summed E-state index contributed by atoms with van der Waals surface area (Å²) in [5, 5.41) is 10.1. The largest absolute Gasteiger partial charge is 0.447 e. The molecule has 242 valence electrons. The van der Waals surface area contributed by atoms with Crippen LogP contribution in [0, 0.1) is 5.95 Å². The van der Waals surface area contributed by atoms with Crippen molar-refractivity contribution < 1.29 is 27.1 Å². The topological polar surface area (TPSA) is 139 Å². The van der Waals surface area contributed by atoms with Gasteiger partial charge >= 0.3 is 12.1 Å². The first kappa shape index (κ1) is 34.4. The smallest absolute Gasteiger partial charge is 0.407 e. The van der Waals surface area contributed by atoms with Crippen LogP contribution >= 0.6 is 23.6 Å². The average Bonchev–Trinajstić information content (AvgIpc) is 3.37. The molecular weight excluding hydrogens is 638 g/mol. The summed E-state index contributed by atoms with van der Waals surface area (Å²) in [5.74, 6) is -0.818. The lowest BCUT2D eigenvalue weighted by atomic mass is 9.86. The molecule has 4 rings (SSSR count). The second-order valence-electron chi connectivity index (χ2n) is 11.8. The normalized spacial score (nSPS) is 17.0. The van der Waals surface area contributed by atoms with Crippen LogP contribution in [0.25, 0.3) is 10.4 Å². The Labute approximate surface area is 272 Å². The zero-order valence-electron chi connectivity index (χ0n) is 25.6. The number of carbonyl (C=O) groups excluding carboxylic acids is 2. The van der Waals surface area contributed by atoms with E-state index in [1.54, 1.807) is 27.7 Å². The van der Waals surface area contributed by atoms with Gasteiger partial charge in [0.15, 0.2) is 0 Å². The maximum atomic E-state index is 15.5. The van der Waals surface area contributed by atoms with Gasteiger partial charge in [-0.25, -0.2) is 27.7 Å². The monoisotopic (exact) mass is 675 g/mol. The molecule has 0 unspecified atom stereocenters. The van der Waals surface area contributed by atoms with Crippen LogP contribution in [-0.4, -0.2) is 48.6 Å². The molecule has 1 aliphatic carbocycles. The van der Waals surface area contributed by atoms with Crippen molar-refractivity contribution in [3.05, 3.63) is 65.0 Å². The quantitative estimate of drug-likeness (QED) is 0.171. The zero-order valence-corrected chi connectivity index (χ0v) is 28.0. The molecule has 3 amide bonds. The van der Waals surface area contributed by atoms with Gasteiger partial charge in [-0.3, -0.25) is 0 Å². The second kappa shape index (κ2) is 14.8. The summed E-state index contributed by atoms with van der Waals surface area (Å²) in [7, 11) is -4.24. The number of thiazole rings is 1. The van der Waals surface area contributed by atoms with E-state index < -0.39 is 33.6 Å². The highest BCUT2D eigenvalue weighted by Crippen LogP contribution is 2.41. The first-order chi connectivity index (χ1) is 21.3. The average molecular weight is 676 g/mol. The van der Waals surface area contributed by atoms with E-state index in [-0.39, 0.29) is 45.6 Å². The number of alkyl carbamates (subject to hydrolysis) is 1. The van der Waals surface area contributed by atoms with Crippen LogP contribution in [0.4, 0.5) is 19.7 Å². The number of thiocarbonyl (C=S) groups is 1. The molecule has 0 aliphatic heterocycles. The maximum Gasteiger partial charge on any atom is 0.407 e. The number of nitrogens with one attached hydrogen (secondary N) is 4. The van der Waals surface area contributed by atoms with E-state index in [1.807, 2.05) is 30.3 Å². The van der Waals surface area contributed by atoms with Crippen molar-refractivity contribution >= 4 is 56.8 Å². The molecule has 0 spiro atoms. The highest BCUT2D eigenvalue weighted by Gasteiger charge is 2.31. The third-order valence-corrected chi connectivity index (χ3v) is 10.6. The van der Waals surface area contributed by atoms with E-state index >= 15 is 4.39 Å². The Bertz CT molecular complexity index is 1620. The molecule has 14 heteroatoms. The van der Waals surface area contributed by atoms with E-state index in [4.69, 9.17) is 17.0 Å². The van der Waals surface area contributed by atoms with Gasteiger partial charge in [-0.1, -0.05) is 42.5 Å². The molecule has 0 atom stereocenters. The van der Waals surface area contributed by atoms with Crippen molar-refractivity contribution in [3.63, 3.8) is 0 Å². The van der Waals surface area contributed by atoms with Gasteiger partial charge in [0.25, 0.3) is 0 Å². The van der Waals surface area contributed by atoms with Crippen molar-refractivity contribution in [1.29, 1.82) is 0 Å². The van der Waals surface area contributed by atoms with Gasteiger partial charge in [0.2, 0.25) is 16.0 Å². The summed E-state index contributed by atoms with van der Waals surface area (Å²) in [6, 6.07) is 13.0. The predicted molar refractivity (Wildman–Crippen MR) is 178 cm³/mol. The molecule has 1 aliphatic rings. The number of aromatic nitrogens is 1. The van der Waals surface area contributed by atoms with Crippen LogP contribution in [0.5, 0.6) is 0 Å². The summed E-state index contributed by atoms with van der Waals surface area (Å²) in [4.78, 5) is 28.7. The Morgan fingerprint density at radius 3 is 2.47 bits per heavy atom. The number of sulfonamides is 1. The van der Waals surface area contributed by atoms with Gasteiger partial charge in [-0.15, -0.1) is 11.3 Å². The van der Waals surface area contributed by atoms with Crippen LogP contribution in [0.1, 0.15) is 69.9 Å². The Hall–Kier alpha value is -3.46. The molecular formula is C31H38FN5O5S3.